The molecule has 0 spiro atoms. The molecule has 0 aromatic carbocycles. The fourth-order valence-electron chi connectivity index (χ4n) is 5.78. The second-order valence-electron chi connectivity index (χ2n) is 12.9. The predicted octanol–water partition coefficient (Wildman–Crippen LogP) is 14.0. The van der Waals surface area contributed by atoms with Gasteiger partial charge in [-0.15, -0.1) is 0 Å². The summed E-state index contributed by atoms with van der Waals surface area (Å²) in [6, 6.07) is 0. The van der Waals surface area contributed by atoms with Crippen LogP contribution in [0.2, 0.25) is 0 Å². The zero-order valence-corrected chi connectivity index (χ0v) is 28.5. The lowest BCUT2D eigenvalue weighted by Crippen LogP contribution is -2.05. The van der Waals surface area contributed by atoms with Gasteiger partial charge < -0.3 is 4.74 Å². The van der Waals surface area contributed by atoms with Crippen LogP contribution in [0.5, 0.6) is 0 Å². The molecule has 41 heavy (non-hydrogen) atoms. The van der Waals surface area contributed by atoms with Crippen molar-refractivity contribution < 1.29 is 9.53 Å². The summed E-state index contributed by atoms with van der Waals surface area (Å²) in [4.78, 5) is 11.9. The molecule has 0 atom stereocenters. The lowest BCUT2D eigenvalue weighted by molar-refractivity contribution is -0.143. The number of allylic oxidation sites excluding steroid dienone is 2. The van der Waals surface area contributed by atoms with Gasteiger partial charge in [0, 0.05) is 6.42 Å². The number of carbonyl (C=O) groups excluding carboxylic acids is 1. The van der Waals surface area contributed by atoms with Crippen LogP contribution in [-0.4, -0.2) is 12.6 Å². The normalized spacial score (nSPS) is 11.6. The zero-order chi connectivity index (χ0) is 29.7. The molecule has 0 saturated carbocycles. The van der Waals surface area contributed by atoms with Gasteiger partial charge in [-0.2, -0.15) is 0 Å². The molecule has 0 N–H and O–H groups in total. The first-order valence-corrected chi connectivity index (χ1v) is 19.1. The van der Waals surface area contributed by atoms with Crippen molar-refractivity contribution in [1.82, 2.24) is 0 Å². The first-order valence-electron chi connectivity index (χ1n) is 19.1. The highest BCUT2D eigenvalue weighted by Gasteiger charge is 2.02. The Morgan fingerprint density at radius 2 is 0.683 bits per heavy atom. The van der Waals surface area contributed by atoms with Crippen LogP contribution in [0, 0.1) is 0 Å². The van der Waals surface area contributed by atoms with Gasteiger partial charge in [0.1, 0.15) is 0 Å². The lowest BCUT2D eigenvalue weighted by Gasteiger charge is -2.06. The largest absolute Gasteiger partial charge is 0.466 e. The van der Waals surface area contributed by atoms with Crippen LogP contribution in [0.15, 0.2) is 12.2 Å². The fraction of sp³-hybridized carbons (Fsp3) is 0.923. The number of ether oxygens (including phenoxy) is 1. The molecular formula is C39H76O2. The van der Waals surface area contributed by atoms with Crippen LogP contribution in [0.3, 0.4) is 0 Å². The summed E-state index contributed by atoms with van der Waals surface area (Å²) in [5, 5.41) is 0. The minimum absolute atomic E-state index is 0.0178. The highest BCUT2D eigenvalue weighted by atomic mass is 16.5. The van der Waals surface area contributed by atoms with Crippen molar-refractivity contribution in [2.45, 2.75) is 226 Å². The van der Waals surface area contributed by atoms with Gasteiger partial charge in [-0.05, 0) is 38.5 Å². The highest BCUT2D eigenvalue weighted by molar-refractivity contribution is 5.69. The van der Waals surface area contributed by atoms with Gasteiger partial charge in [0.2, 0.25) is 0 Å². The number of rotatable bonds is 35. The van der Waals surface area contributed by atoms with Gasteiger partial charge in [-0.25, -0.2) is 0 Å². The van der Waals surface area contributed by atoms with Crippen LogP contribution >= 0.6 is 0 Å². The van der Waals surface area contributed by atoms with E-state index in [4.69, 9.17) is 4.74 Å². The maximum Gasteiger partial charge on any atom is 0.305 e. The molecule has 0 bridgehead atoms. The molecule has 0 aliphatic heterocycles. The molecule has 0 saturated heterocycles. The maximum atomic E-state index is 11.9. The van der Waals surface area contributed by atoms with Gasteiger partial charge in [-0.1, -0.05) is 193 Å². The van der Waals surface area contributed by atoms with Crippen LogP contribution in [0.1, 0.15) is 226 Å². The third kappa shape index (κ3) is 37.2. The smallest absolute Gasteiger partial charge is 0.305 e. The van der Waals surface area contributed by atoms with E-state index in [0.717, 1.165) is 19.3 Å². The summed E-state index contributed by atoms with van der Waals surface area (Å²) < 4.78 is 5.44. The molecule has 2 nitrogen and oxygen atoms in total. The molecule has 0 aromatic heterocycles. The van der Waals surface area contributed by atoms with E-state index in [1.165, 1.54) is 186 Å². The summed E-state index contributed by atoms with van der Waals surface area (Å²) in [5.41, 5.74) is 0. The van der Waals surface area contributed by atoms with Crippen molar-refractivity contribution >= 4 is 5.97 Å². The van der Waals surface area contributed by atoms with E-state index in [0.29, 0.717) is 13.0 Å². The van der Waals surface area contributed by atoms with E-state index in [1.807, 2.05) is 0 Å². The number of unbranched alkanes of at least 4 members (excludes halogenated alkanes) is 29. The molecule has 0 radical (unpaired) electrons. The molecule has 244 valence electrons. The predicted molar refractivity (Wildman–Crippen MR) is 184 cm³/mol. The standard InChI is InChI=1S/C39H76O2/c1-3-5-7-9-11-13-15-17-18-19-20-21-22-23-24-26-28-30-32-34-36-38-41-39(40)37-35-33-31-29-27-25-16-14-12-10-8-6-4-2/h14,16H,3-13,15,17-38H2,1-2H3/b16-14-. The van der Waals surface area contributed by atoms with Crippen molar-refractivity contribution in [3.63, 3.8) is 0 Å². The minimum Gasteiger partial charge on any atom is -0.466 e. The molecule has 2 heteroatoms. The Morgan fingerprint density at radius 1 is 0.390 bits per heavy atom. The zero-order valence-electron chi connectivity index (χ0n) is 28.5. The molecule has 0 rings (SSSR count). The van der Waals surface area contributed by atoms with Crippen molar-refractivity contribution in [2.24, 2.45) is 0 Å². The third-order valence-corrected chi connectivity index (χ3v) is 8.65. The Balaban J connectivity index is 3.16. The van der Waals surface area contributed by atoms with Crippen molar-refractivity contribution in [3.8, 4) is 0 Å². The van der Waals surface area contributed by atoms with Crippen LogP contribution in [-0.2, 0) is 9.53 Å². The van der Waals surface area contributed by atoms with Gasteiger partial charge >= 0.3 is 5.97 Å². The van der Waals surface area contributed by atoms with Gasteiger partial charge in [0.15, 0.2) is 0 Å². The Kier molecular flexibility index (Phi) is 36.5. The van der Waals surface area contributed by atoms with E-state index in [-0.39, 0.29) is 5.97 Å². The van der Waals surface area contributed by atoms with Crippen LogP contribution in [0.4, 0.5) is 0 Å². The van der Waals surface area contributed by atoms with Gasteiger partial charge in [-0.3, -0.25) is 4.79 Å². The van der Waals surface area contributed by atoms with E-state index >= 15 is 0 Å². The van der Waals surface area contributed by atoms with E-state index in [1.54, 1.807) is 0 Å². The quantitative estimate of drug-likeness (QED) is 0.0426. The van der Waals surface area contributed by atoms with Crippen LogP contribution in [0.25, 0.3) is 0 Å². The first-order chi connectivity index (χ1) is 20.3. The second kappa shape index (κ2) is 37.2. The monoisotopic (exact) mass is 577 g/mol. The Hall–Kier alpha value is -0.790. The average molecular weight is 577 g/mol. The molecular weight excluding hydrogens is 500 g/mol. The van der Waals surface area contributed by atoms with E-state index in [9.17, 15) is 4.79 Å². The number of hydrogen-bond acceptors (Lipinski definition) is 2. The molecule has 0 amide bonds. The summed E-state index contributed by atoms with van der Waals surface area (Å²) in [6.45, 7) is 5.19. The Morgan fingerprint density at radius 3 is 1.07 bits per heavy atom. The first kappa shape index (κ1) is 40.2. The van der Waals surface area contributed by atoms with E-state index < -0.39 is 0 Å². The second-order valence-corrected chi connectivity index (χ2v) is 12.9. The molecule has 0 fully saturated rings. The van der Waals surface area contributed by atoms with Gasteiger partial charge in [0.05, 0.1) is 6.61 Å². The molecule has 0 aliphatic carbocycles. The maximum absolute atomic E-state index is 11.9. The lowest BCUT2D eigenvalue weighted by atomic mass is 10.0. The topological polar surface area (TPSA) is 26.3 Å². The third-order valence-electron chi connectivity index (χ3n) is 8.65. The summed E-state index contributed by atoms with van der Waals surface area (Å²) in [5.74, 6) is 0.0178. The highest BCUT2D eigenvalue weighted by Crippen LogP contribution is 2.15. The number of carbonyl (C=O) groups is 1. The number of hydrogen-bond donors (Lipinski definition) is 0. The fourth-order valence-corrected chi connectivity index (χ4v) is 5.78. The minimum atomic E-state index is 0.0178. The molecule has 0 aromatic rings. The van der Waals surface area contributed by atoms with Crippen LogP contribution < -0.4 is 0 Å². The SMILES string of the molecule is CCCCCC/C=C\CCCCCCCC(=O)OCCCCCCCCCCCCCCCCCCCCCCC. The summed E-state index contributed by atoms with van der Waals surface area (Å²) in [7, 11) is 0. The molecule has 0 unspecified atom stereocenters. The van der Waals surface area contributed by atoms with E-state index in [2.05, 4.69) is 26.0 Å². The van der Waals surface area contributed by atoms with Crippen molar-refractivity contribution in [3.05, 3.63) is 12.2 Å². The molecule has 0 aliphatic rings. The summed E-state index contributed by atoms with van der Waals surface area (Å²) >= 11 is 0. The summed E-state index contributed by atoms with van der Waals surface area (Å²) in [6.07, 6.45) is 48.6. The molecule has 0 heterocycles. The number of esters is 1. The van der Waals surface area contributed by atoms with Crippen molar-refractivity contribution in [1.29, 1.82) is 0 Å². The van der Waals surface area contributed by atoms with Gasteiger partial charge in [0.25, 0.3) is 0 Å². The van der Waals surface area contributed by atoms with Crippen molar-refractivity contribution in [2.75, 3.05) is 6.61 Å². The Bertz CT molecular complexity index is 512. The Labute approximate surface area is 259 Å². The average Bonchev–Trinajstić information content (AvgIpc) is 2.98.